The molecule has 5 atom stereocenters. The average Bonchev–Trinajstić information content (AvgIpc) is 3.53. The number of hydroxylamine groups is 1. The summed E-state index contributed by atoms with van der Waals surface area (Å²) in [5.74, 6) is -1.14. The topological polar surface area (TPSA) is 95.5 Å². The molecule has 1 aromatic carbocycles. The number of esters is 1. The van der Waals surface area contributed by atoms with E-state index < -0.39 is 54.3 Å². The van der Waals surface area contributed by atoms with Crippen molar-refractivity contribution in [2.45, 2.75) is 135 Å². The van der Waals surface area contributed by atoms with Crippen molar-refractivity contribution in [2.75, 3.05) is 7.11 Å². The van der Waals surface area contributed by atoms with E-state index in [9.17, 15) is 9.90 Å². The fourth-order valence-electron chi connectivity index (χ4n) is 7.13. The number of rotatable bonds is 15. The van der Waals surface area contributed by atoms with Crippen LogP contribution in [0.1, 0.15) is 85.1 Å². The molecule has 0 bridgehead atoms. The summed E-state index contributed by atoms with van der Waals surface area (Å²) in [5.41, 5.74) is 4.16. The molecule has 4 rings (SSSR count). The standard InChI is InChI=1S/C20H24NO7.3C4H9.Sn/c1-19(2)27-17-18(28-19)26-16-14(22)9-13(10-15(23)24-3)20(16,17)21-25-11-12-7-5-4-6-8-12;3*1-3-4-2;/h4-8,14,16-18,21-22H,9,11H2,1-3H3;3*1,3-4H2,2H3;/t14-,16-,17+,18-,20-;;;;/m1..../s1. The molecule has 0 aromatic heterocycles. The van der Waals surface area contributed by atoms with Gasteiger partial charge in [-0.15, -0.1) is 0 Å². The van der Waals surface area contributed by atoms with Crippen LogP contribution < -0.4 is 5.48 Å². The molecule has 1 aliphatic carbocycles. The minimum absolute atomic E-state index is 0.252. The summed E-state index contributed by atoms with van der Waals surface area (Å²) in [6, 6.07) is 9.93. The van der Waals surface area contributed by atoms with E-state index in [0.29, 0.717) is 13.0 Å². The van der Waals surface area contributed by atoms with E-state index in [-0.39, 0.29) is 5.97 Å². The second-order valence-electron chi connectivity index (χ2n) is 12.4. The number of carbonyl (C=O) groups is 1. The summed E-state index contributed by atoms with van der Waals surface area (Å²) in [6.45, 7) is 10.7. The van der Waals surface area contributed by atoms with Gasteiger partial charge in [-0.05, 0) is 0 Å². The van der Waals surface area contributed by atoms with E-state index in [2.05, 4.69) is 26.3 Å². The minimum atomic E-state index is -3.44. The number of benzene rings is 1. The van der Waals surface area contributed by atoms with Crippen LogP contribution in [0.5, 0.6) is 0 Å². The van der Waals surface area contributed by atoms with Crippen LogP contribution in [0.3, 0.4) is 0 Å². The normalized spacial score (nSPS) is 29.8. The molecule has 0 unspecified atom stereocenters. The first kappa shape index (κ1) is 32.9. The predicted molar refractivity (Wildman–Crippen MR) is 160 cm³/mol. The Morgan fingerprint density at radius 3 is 2.17 bits per heavy atom. The van der Waals surface area contributed by atoms with Crippen molar-refractivity contribution in [3.63, 3.8) is 0 Å². The molecule has 0 radical (unpaired) electrons. The number of ether oxygens (including phenoxy) is 4. The summed E-state index contributed by atoms with van der Waals surface area (Å²) in [5, 5.41) is 11.5. The van der Waals surface area contributed by atoms with Crippen molar-refractivity contribution < 1.29 is 33.7 Å². The molecule has 3 fully saturated rings. The van der Waals surface area contributed by atoms with Gasteiger partial charge in [0.2, 0.25) is 0 Å². The molecule has 2 N–H and O–H groups in total. The Kier molecular flexibility index (Phi) is 11.4. The Hall–Kier alpha value is -1.01. The Labute approximate surface area is 250 Å². The number of aliphatic hydroxyl groups excluding tert-OH is 1. The van der Waals surface area contributed by atoms with Crippen LogP contribution in [-0.2, 0) is 35.2 Å². The van der Waals surface area contributed by atoms with Crippen molar-refractivity contribution >= 4 is 24.3 Å². The molecule has 2 aliphatic heterocycles. The van der Waals surface area contributed by atoms with Crippen LogP contribution in [0.15, 0.2) is 39.5 Å². The zero-order chi connectivity index (χ0) is 29.7. The first-order valence-corrected chi connectivity index (χ1v) is 23.1. The van der Waals surface area contributed by atoms with Gasteiger partial charge in [-0.1, -0.05) is 0 Å². The van der Waals surface area contributed by atoms with Crippen LogP contribution in [0, 0.1) is 0 Å². The number of fused-ring (bicyclic) bond motifs is 3. The molecule has 8 nitrogen and oxygen atoms in total. The zero-order valence-corrected chi connectivity index (χ0v) is 28.7. The third-order valence-electron chi connectivity index (χ3n) is 9.07. The monoisotopic (exact) mass is 681 g/mol. The molecule has 230 valence electrons. The van der Waals surface area contributed by atoms with Crippen LogP contribution in [0.4, 0.5) is 0 Å². The molecule has 0 amide bonds. The van der Waals surface area contributed by atoms with Gasteiger partial charge in [-0.3, -0.25) is 0 Å². The van der Waals surface area contributed by atoms with E-state index in [0.717, 1.165) is 66.6 Å². The second kappa shape index (κ2) is 14.2. The van der Waals surface area contributed by atoms with Crippen molar-refractivity contribution in [2.24, 2.45) is 0 Å². The van der Waals surface area contributed by atoms with E-state index >= 15 is 0 Å². The summed E-state index contributed by atoms with van der Waals surface area (Å²) >= 11 is -3.44. The summed E-state index contributed by atoms with van der Waals surface area (Å²) < 4.78 is 28.8. The number of hydrogen-bond donors (Lipinski definition) is 2. The molecule has 2 heterocycles. The van der Waals surface area contributed by atoms with Crippen molar-refractivity contribution in [3.8, 4) is 0 Å². The molecule has 1 aromatic rings. The molecule has 0 spiro atoms. The van der Waals surface area contributed by atoms with Crippen molar-refractivity contribution in [1.29, 1.82) is 0 Å². The van der Waals surface area contributed by atoms with E-state index in [1.54, 1.807) is 0 Å². The SMILES string of the molecule is CCC[CH2][Sn]([CH2]CCC)([CH2]CCC)/[C](C(=O)OC)=C1\C[C@@H](O)[C@H]2O[C@@H]3OC(C)(C)O[C@@H]3[C@@]12NOCc1ccccc1. The fourth-order valence-corrected chi connectivity index (χ4v) is 24.5. The fraction of sp³-hybridized carbons (Fsp3) is 0.719. The van der Waals surface area contributed by atoms with Crippen LogP contribution in [0.2, 0.25) is 13.3 Å². The first-order valence-electron chi connectivity index (χ1n) is 15.6. The average molecular weight is 680 g/mol. The first-order chi connectivity index (χ1) is 19.7. The van der Waals surface area contributed by atoms with Gasteiger partial charge in [0, 0.05) is 0 Å². The number of unbranched alkanes of at least 4 members (excludes halogenated alkanes) is 3. The zero-order valence-electron chi connectivity index (χ0n) is 25.9. The second-order valence-corrected chi connectivity index (χ2v) is 25.5. The number of aliphatic hydroxyl groups is 1. The van der Waals surface area contributed by atoms with Crippen LogP contribution >= 0.6 is 0 Å². The van der Waals surface area contributed by atoms with Crippen LogP contribution in [-0.4, -0.2) is 72.5 Å². The van der Waals surface area contributed by atoms with E-state index in [1.807, 2.05) is 44.2 Å². The number of nitrogens with one attached hydrogen (secondary N) is 1. The molecular weight excluding hydrogens is 629 g/mol. The summed E-state index contributed by atoms with van der Waals surface area (Å²) in [4.78, 5) is 20.3. The summed E-state index contributed by atoms with van der Waals surface area (Å²) in [6.07, 6.45) is 3.98. The number of hydrogen-bond acceptors (Lipinski definition) is 8. The van der Waals surface area contributed by atoms with Gasteiger partial charge in [-0.25, -0.2) is 0 Å². The quantitative estimate of drug-likeness (QED) is 0.102. The van der Waals surface area contributed by atoms with Gasteiger partial charge in [-0.2, -0.15) is 0 Å². The maximum atomic E-state index is 14.1. The Morgan fingerprint density at radius 1 is 1.00 bits per heavy atom. The molecule has 41 heavy (non-hydrogen) atoms. The predicted octanol–water partition coefficient (Wildman–Crippen LogP) is 5.95. The molecule has 9 heteroatoms. The Balaban J connectivity index is 1.90. The van der Waals surface area contributed by atoms with Crippen molar-refractivity contribution in [1.82, 2.24) is 5.48 Å². The number of carbonyl (C=O) groups excluding carboxylic acids is 1. The van der Waals surface area contributed by atoms with Gasteiger partial charge in [0.1, 0.15) is 0 Å². The third kappa shape index (κ3) is 6.74. The van der Waals surface area contributed by atoms with Gasteiger partial charge in [0.05, 0.1) is 0 Å². The Bertz CT molecular complexity index is 1030. The molecule has 2 saturated heterocycles. The molecule has 1 saturated carbocycles. The third-order valence-corrected chi connectivity index (χ3v) is 24.8. The van der Waals surface area contributed by atoms with Crippen molar-refractivity contribution in [3.05, 3.63) is 45.1 Å². The van der Waals surface area contributed by atoms with Gasteiger partial charge in [0.15, 0.2) is 0 Å². The molecular formula is C32H51NO7Sn. The summed E-state index contributed by atoms with van der Waals surface area (Å²) in [7, 11) is 1.49. The molecule has 3 aliphatic rings. The van der Waals surface area contributed by atoms with Crippen LogP contribution in [0.25, 0.3) is 0 Å². The van der Waals surface area contributed by atoms with Gasteiger partial charge >= 0.3 is 251 Å². The maximum absolute atomic E-state index is 14.1. The van der Waals surface area contributed by atoms with E-state index in [1.165, 1.54) is 7.11 Å². The Morgan fingerprint density at radius 2 is 1.61 bits per heavy atom. The van der Waals surface area contributed by atoms with Gasteiger partial charge < -0.3 is 0 Å². The van der Waals surface area contributed by atoms with Gasteiger partial charge in [0.25, 0.3) is 0 Å². The number of methoxy groups -OCH3 is 1. The van der Waals surface area contributed by atoms with E-state index in [4.69, 9.17) is 23.8 Å².